The van der Waals surface area contributed by atoms with Crippen molar-refractivity contribution in [2.75, 3.05) is 5.32 Å². The molecule has 3 aromatic rings. The number of anilines is 1. The van der Waals surface area contributed by atoms with Crippen molar-refractivity contribution in [3.8, 4) is 11.8 Å². The maximum Gasteiger partial charge on any atom is 0.266 e. The molecule has 1 N–H and O–H groups in total. The number of carbonyl (C=O) groups excluding carboxylic acids is 1. The summed E-state index contributed by atoms with van der Waals surface area (Å²) in [4.78, 5) is 12.6. The summed E-state index contributed by atoms with van der Waals surface area (Å²) in [7, 11) is 0. The van der Waals surface area contributed by atoms with E-state index in [1.165, 1.54) is 17.2 Å². The third kappa shape index (κ3) is 5.97. The maximum atomic E-state index is 12.6. The van der Waals surface area contributed by atoms with E-state index in [0.717, 1.165) is 11.1 Å². The molecule has 0 bridgehead atoms. The van der Waals surface area contributed by atoms with Gasteiger partial charge in [0.2, 0.25) is 0 Å². The predicted molar refractivity (Wildman–Crippen MR) is 125 cm³/mol. The third-order valence-electron chi connectivity index (χ3n) is 4.88. The number of hydrogen-bond donors (Lipinski definition) is 1. The first-order chi connectivity index (χ1) is 14.9. The SMILES string of the molecule is Cc1cccc(NC(=O)/C(C#N)=C/c2cc(Cl)ccc2OCc2ccc(C)c(C)c2)c1. The van der Waals surface area contributed by atoms with Gasteiger partial charge in [-0.05, 0) is 79.4 Å². The number of aryl methyl sites for hydroxylation is 3. The number of amides is 1. The molecular weight excluding hydrogens is 408 g/mol. The van der Waals surface area contributed by atoms with E-state index < -0.39 is 5.91 Å². The van der Waals surface area contributed by atoms with Crippen LogP contribution >= 0.6 is 11.6 Å². The highest BCUT2D eigenvalue weighted by atomic mass is 35.5. The van der Waals surface area contributed by atoms with Gasteiger partial charge in [0, 0.05) is 16.3 Å². The van der Waals surface area contributed by atoms with Crippen LogP contribution in [-0.2, 0) is 11.4 Å². The molecule has 4 nitrogen and oxygen atoms in total. The lowest BCUT2D eigenvalue weighted by Crippen LogP contribution is -2.13. The van der Waals surface area contributed by atoms with Crippen LogP contribution in [-0.4, -0.2) is 5.91 Å². The molecule has 3 aromatic carbocycles. The zero-order valence-corrected chi connectivity index (χ0v) is 18.5. The Morgan fingerprint density at radius 1 is 1.06 bits per heavy atom. The summed E-state index contributed by atoms with van der Waals surface area (Å²) in [6.45, 7) is 6.41. The summed E-state index contributed by atoms with van der Waals surface area (Å²) in [6, 6.07) is 20.6. The van der Waals surface area contributed by atoms with Gasteiger partial charge in [-0.3, -0.25) is 4.79 Å². The minimum absolute atomic E-state index is 0.0418. The molecular formula is C26H23ClN2O2. The van der Waals surface area contributed by atoms with Crippen molar-refractivity contribution in [3.63, 3.8) is 0 Å². The summed E-state index contributed by atoms with van der Waals surface area (Å²) < 4.78 is 5.99. The molecule has 0 atom stereocenters. The molecule has 0 aromatic heterocycles. The van der Waals surface area contributed by atoms with E-state index in [1.807, 2.05) is 37.3 Å². The molecule has 0 heterocycles. The summed E-state index contributed by atoms with van der Waals surface area (Å²) in [5.74, 6) is 0.0481. The van der Waals surface area contributed by atoms with Crippen LogP contribution in [0.4, 0.5) is 5.69 Å². The molecule has 0 aliphatic rings. The quantitative estimate of drug-likeness (QED) is 0.364. The van der Waals surface area contributed by atoms with Crippen molar-refractivity contribution in [2.45, 2.75) is 27.4 Å². The topological polar surface area (TPSA) is 62.1 Å². The molecule has 156 valence electrons. The smallest absolute Gasteiger partial charge is 0.266 e. The zero-order chi connectivity index (χ0) is 22.4. The van der Waals surface area contributed by atoms with Gasteiger partial charge >= 0.3 is 0 Å². The molecule has 0 unspecified atom stereocenters. The Balaban J connectivity index is 1.83. The van der Waals surface area contributed by atoms with Crippen LogP contribution < -0.4 is 10.1 Å². The van der Waals surface area contributed by atoms with Crippen molar-refractivity contribution in [3.05, 3.63) is 99.1 Å². The summed E-state index contributed by atoms with van der Waals surface area (Å²) in [5.41, 5.74) is 5.60. The number of hydrogen-bond acceptors (Lipinski definition) is 3. The van der Waals surface area contributed by atoms with E-state index in [0.29, 0.717) is 28.6 Å². The lowest BCUT2D eigenvalue weighted by molar-refractivity contribution is -0.112. The minimum Gasteiger partial charge on any atom is -0.488 e. The van der Waals surface area contributed by atoms with Gasteiger partial charge in [0.1, 0.15) is 24.0 Å². The number of nitriles is 1. The predicted octanol–water partition coefficient (Wildman–Crippen LogP) is 6.39. The van der Waals surface area contributed by atoms with Crippen LogP contribution in [0.15, 0.2) is 66.2 Å². The molecule has 0 saturated heterocycles. The number of benzene rings is 3. The second kappa shape index (κ2) is 9.97. The van der Waals surface area contributed by atoms with E-state index in [1.54, 1.807) is 24.3 Å². The van der Waals surface area contributed by atoms with Crippen LogP contribution in [0.5, 0.6) is 5.75 Å². The standard InChI is InChI=1S/C26H23ClN2O2/c1-17-5-4-6-24(11-17)29-26(30)22(15-28)13-21-14-23(27)9-10-25(21)31-16-20-8-7-18(2)19(3)12-20/h4-14H,16H2,1-3H3,(H,29,30)/b22-13+. The fourth-order valence-corrected chi connectivity index (χ4v) is 3.22. The Hall–Kier alpha value is -3.55. The number of nitrogens with one attached hydrogen (secondary N) is 1. The van der Waals surface area contributed by atoms with Crippen LogP contribution in [0.3, 0.4) is 0 Å². The van der Waals surface area contributed by atoms with E-state index in [4.69, 9.17) is 16.3 Å². The van der Waals surface area contributed by atoms with Gasteiger partial charge in [0.25, 0.3) is 5.91 Å². The number of carbonyl (C=O) groups is 1. The Kier molecular flexibility index (Phi) is 7.12. The maximum absolute atomic E-state index is 12.6. The second-order valence-corrected chi connectivity index (χ2v) is 7.82. The van der Waals surface area contributed by atoms with Gasteiger partial charge in [-0.15, -0.1) is 0 Å². The van der Waals surface area contributed by atoms with E-state index in [2.05, 4.69) is 31.3 Å². The van der Waals surface area contributed by atoms with Crippen molar-refractivity contribution in [1.82, 2.24) is 0 Å². The van der Waals surface area contributed by atoms with Gasteiger partial charge < -0.3 is 10.1 Å². The Labute approximate surface area is 187 Å². The van der Waals surface area contributed by atoms with Crippen LogP contribution in [0.25, 0.3) is 6.08 Å². The number of nitrogens with zero attached hydrogens (tertiary/aromatic N) is 1. The normalized spacial score (nSPS) is 11.0. The van der Waals surface area contributed by atoms with Gasteiger partial charge in [-0.25, -0.2) is 0 Å². The highest BCUT2D eigenvalue weighted by molar-refractivity contribution is 6.30. The van der Waals surface area contributed by atoms with E-state index in [9.17, 15) is 10.1 Å². The van der Waals surface area contributed by atoms with Gasteiger partial charge in [-0.1, -0.05) is 41.9 Å². The van der Waals surface area contributed by atoms with E-state index >= 15 is 0 Å². The monoisotopic (exact) mass is 430 g/mol. The molecule has 0 fully saturated rings. The highest BCUT2D eigenvalue weighted by Gasteiger charge is 2.12. The second-order valence-electron chi connectivity index (χ2n) is 7.38. The van der Waals surface area contributed by atoms with Crippen molar-refractivity contribution < 1.29 is 9.53 Å². The molecule has 0 aliphatic heterocycles. The molecule has 0 saturated carbocycles. The lowest BCUT2D eigenvalue weighted by Gasteiger charge is -2.12. The van der Waals surface area contributed by atoms with Gasteiger partial charge in [-0.2, -0.15) is 5.26 Å². The average Bonchev–Trinajstić information content (AvgIpc) is 2.73. The van der Waals surface area contributed by atoms with Gasteiger partial charge in [0.05, 0.1) is 0 Å². The Morgan fingerprint density at radius 2 is 1.87 bits per heavy atom. The first-order valence-corrected chi connectivity index (χ1v) is 10.2. The van der Waals surface area contributed by atoms with Crippen molar-refractivity contribution >= 4 is 29.3 Å². The molecule has 0 radical (unpaired) electrons. The number of ether oxygens (including phenoxy) is 1. The fourth-order valence-electron chi connectivity index (χ4n) is 3.04. The average molecular weight is 431 g/mol. The number of halogens is 1. The molecule has 5 heteroatoms. The highest BCUT2D eigenvalue weighted by Crippen LogP contribution is 2.27. The zero-order valence-electron chi connectivity index (χ0n) is 17.7. The Bertz CT molecular complexity index is 1190. The third-order valence-corrected chi connectivity index (χ3v) is 5.11. The fraction of sp³-hybridized carbons (Fsp3) is 0.154. The van der Waals surface area contributed by atoms with E-state index in [-0.39, 0.29) is 5.57 Å². The minimum atomic E-state index is -0.492. The van der Waals surface area contributed by atoms with Gasteiger partial charge in [0.15, 0.2) is 0 Å². The van der Waals surface area contributed by atoms with Crippen molar-refractivity contribution in [2.24, 2.45) is 0 Å². The molecule has 3 rings (SSSR count). The molecule has 0 spiro atoms. The summed E-state index contributed by atoms with van der Waals surface area (Å²) >= 11 is 6.16. The first-order valence-electron chi connectivity index (χ1n) is 9.84. The number of rotatable bonds is 6. The molecule has 0 aliphatic carbocycles. The molecule has 31 heavy (non-hydrogen) atoms. The summed E-state index contributed by atoms with van der Waals surface area (Å²) in [5, 5.41) is 12.8. The summed E-state index contributed by atoms with van der Waals surface area (Å²) in [6.07, 6.45) is 1.49. The van der Waals surface area contributed by atoms with Crippen LogP contribution in [0.2, 0.25) is 5.02 Å². The van der Waals surface area contributed by atoms with Crippen LogP contribution in [0, 0.1) is 32.1 Å². The Morgan fingerprint density at radius 3 is 2.58 bits per heavy atom. The van der Waals surface area contributed by atoms with Crippen molar-refractivity contribution in [1.29, 1.82) is 5.26 Å². The molecule has 1 amide bonds. The lowest BCUT2D eigenvalue weighted by atomic mass is 10.1. The van der Waals surface area contributed by atoms with Crippen LogP contribution in [0.1, 0.15) is 27.8 Å². The first kappa shape index (κ1) is 22.1. The largest absolute Gasteiger partial charge is 0.488 e.